The number of benzene rings is 2. The Bertz CT molecular complexity index is 820. The number of ether oxygens (including phenoxy) is 2. The summed E-state index contributed by atoms with van der Waals surface area (Å²) in [4.78, 5) is 9.34. The van der Waals surface area contributed by atoms with E-state index in [2.05, 4.69) is 55.8 Å². The minimum atomic E-state index is 0.668. The molecule has 0 bridgehead atoms. The standard InChI is InChI=1S/C24H35N5O2/c1-25-24(27-19-20-10-11-22(30-2)23(18-20)31-3)26-12-7-13-28-14-16-29(17-15-28)21-8-5-4-6-9-21/h4-6,8-11,18H,7,12-17,19H2,1-3H3,(H2,25,26,27). The zero-order valence-corrected chi connectivity index (χ0v) is 18.9. The van der Waals surface area contributed by atoms with E-state index >= 15 is 0 Å². The molecule has 3 rings (SSSR count). The number of rotatable bonds is 9. The number of nitrogens with zero attached hydrogens (tertiary/aromatic N) is 3. The van der Waals surface area contributed by atoms with Crippen molar-refractivity contribution < 1.29 is 9.47 Å². The maximum Gasteiger partial charge on any atom is 0.191 e. The summed E-state index contributed by atoms with van der Waals surface area (Å²) in [5.74, 6) is 2.28. The zero-order chi connectivity index (χ0) is 21.9. The van der Waals surface area contributed by atoms with Crippen LogP contribution in [0.5, 0.6) is 11.5 Å². The van der Waals surface area contributed by atoms with E-state index in [-0.39, 0.29) is 0 Å². The molecular weight excluding hydrogens is 390 g/mol. The number of hydrogen-bond donors (Lipinski definition) is 2. The lowest BCUT2D eigenvalue weighted by molar-refractivity contribution is 0.255. The Labute approximate surface area is 186 Å². The van der Waals surface area contributed by atoms with Gasteiger partial charge in [0.2, 0.25) is 0 Å². The Kier molecular flexibility index (Phi) is 8.84. The third kappa shape index (κ3) is 6.79. The highest BCUT2D eigenvalue weighted by Gasteiger charge is 2.16. The quantitative estimate of drug-likeness (QED) is 0.366. The van der Waals surface area contributed by atoms with Gasteiger partial charge in [-0.1, -0.05) is 24.3 Å². The van der Waals surface area contributed by atoms with Crippen LogP contribution in [0.25, 0.3) is 0 Å². The minimum absolute atomic E-state index is 0.668. The van der Waals surface area contributed by atoms with Gasteiger partial charge in [-0.25, -0.2) is 0 Å². The summed E-state index contributed by atoms with van der Waals surface area (Å²) in [6, 6.07) is 16.6. The molecule has 0 unspecified atom stereocenters. The first-order valence-corrected chi connectivity index (χ1v) is 10.9. The molecule has 1 heterocycles. The third-order valence-corrected chi connectivity index (χ3v) is 5.57. The Balaban J connectivity index is 1.33. The van der Waals surface area contributed by atoms with E-state index in [4.69, 9.17) is 9.47 Å². The highest BCUT2D eigenvalue weighted by atomic mass is 16.5. The predicted octanol–water partition coefficient (Wildman–Crippen LogP) is 2.58. The summed E-state index contributed by atoms with van der Waals surface area (Å²) >= 11 is 0. The van der Waals surface area contributed by atoms with Crippen molar-refractivity contribution in [2.45, 2.75) is 13.0 Å². The number of para-hydroxylation sites is 1. The van der Waals surface area contributed by atoms with Crippen molar-refractivity contribution in [2.75, 3.05) is 65.4 Å². The van der Waals surface area contributed by atoms with Crippen LogP contribution in [-0.2, 0) is 6.54 Å². The molecule has 2 N–H and O–H groups in total. The van der Waals surface area contributed by atoms with Gasteiger partial charge in [-0.2, -0.15) is 0 Å². The van der Waals surface area contributed by atoms with E-state index in [1.54, 1.807) is 21.3 Å². The first-order valence-electron chi connectivity index (χ1n) is 10.9. The summed E-state index contributed by atoms with van der Waals surface area (Å²) in [5, 5.41) is 6.77. The van der Waals surface area contributed by atoms with Gasteiger partial charge in [0.25, 0.3) is 0 Å². The molecular formula is C24H35N5O2. The maximum absolute atomic E-state index is 5.37. The topological polar surface area (TPSA) is 61.4 Å². The molecule has 7 heteroatoms. The molecule has 7 nitrogen and oxygen atoms in total. The van der Waals surface area contributed by atoms with Crippen molar-refractivity contribution in [3.63, 3.8) is 0 Å². The van der Waals surface area contributed by atoms with Gasteiger partial charge in [0.05, 0.1) is 14.2 Å². The van der Waals surface area contributed by atoms with Gasteiger partial charge in [-0.05, 0) is 42.8 Å². The fraction of sp³-hybridized carbons (Fsp3) is 0.458. The number of piperazine rings is 1. The van der Waals surface area contributed by atoms with Crippen LogP contribution in [0, 0.1) is 0 Å². The van der Waals surface area contributed by atoms with Crippen LogP contribution >= 0.6 is 0 Å². The largest absolute Gasteiger partial charge is 0.493 e. The minimum Gasteiger partial charge on any atom is -0.493 e. The Hall–Kier alpha value is -2.93. The number of nitrogens with one attached hydrogen (secondary N) is 2. The summed E-state index contributed by atoms with van der Waals surface area (Å²) < 4.78 is 10.7. The van der Waals surface area contributed by atoms with Gasteiger partial charge in [0.15, 0.2) is 17.5 Å². The number of hydrogen-bond acceptors (Lipinski definition) is 5. The van der Waals surface area contributed by atoms with Gasteiger partial charge in [0.1, 0.15) is 0 Å². The Morgan fingerprint density at radius 3 is 2.35 bits per heavy atom. The number of methoxy groups -OCH3 is 2. The first kappa shape index (κ1) is 22.7. The average Bonchev–Trinajstić information content (AvgIpc) is 2.84. The van der Waals surface area contributed by atoms with Gasteiger partial charge in [-0.3, -0.25) is 9.89 Å². The Morgan fingerprint density at radius 1 is 0.935 bits per heavy atom. The van der Waals surface area contributed by atoms with Crippen molar-refractivity contribution >= 4 is 11.6 Å². The molecule has 2 aromatic rings. The van der Waals surface area contributed by atoms with Crippen LogP contribution in [0.4, 0.5) is 5.69 Å². The van der Waals surface area contributed by atoms with Crippen LogP contribution in [0.1, 0.15) is 12.0 Å². The lowest BCUT2D eigenvalue weighted by atomic mass is 10.2. The van der Waals surface area contributed by atoms with Crippen LogP contribution in [0.15, 0.2) is 53.5 Å². The van der Waals surface area contributed by atoms with E-state index in [0.717, 1.165) is 68.7 Å². The molecule has 0 aromatic heterocycles. The van der Waals surface area contributed by atoms with Crippen LogP contribution in [0.2, 0.25) is 0 Å². The fourth-order valence-corrected chi connectivity index (χ4v) is 3.77. The highest BCUT2D eigenvalue weighted by Crippen LogP contribution is 2.27. The summed E-state index contributed by atoms with van der Waals surface area (Å²) in [5.41, 5.74) is 2.44. The number of anilines is 1. The second-order valence-electron chi connectivity index (χ2n) is 7.56. The molecule has 1 aliphatic rings. The first-order chi connectivity index (χ1) is 15.2. The zero-order valence-electron chi connectivity index (χ0n) is 18.9. The molecule has 1 aliphatic heterocycles. The SMILES string of the molecule is CN=C(NCCCN1CCN(c2ccccc2)CC1)NCc1ccc(OC)c(OC)c1. The van der Waals surface area contributed by atoms with E-state index in [1.165, 1.54) is 5.69 Å². The van der Waals surface area contributed by atoms with Crippen molar-refractivity contribution in [3.8, 4) is 11.5 Å². The molecule has 1 fully saturated rings. The number of guanidine groups is 1. The highest BCUT2D eigenvalue weighted by molar-refractivity contribution is 5.79. The second kappa shape index (κ2) is 12.1. The molecule has 168 valence electrons. The molecule has 31 heavy (non-hydrogen) atoms. The number of aliphatic imine (C=N–C) groups is 1. The Morgan fingerprint density at radius 2 is 1.68 bits per heavy atom. The fourth-order valence-electron chi connectivity index (χ4n) is 3.77. The summed E-state index contributed by atoms with van der Waals surface area (Å²) in [7, 11) is 5.09. The molecule has 0 atom stereocenters. The molecule has 0 radical (unpaired) electrons. The van der Waals surface area contributed by atoms with E-state index in [1.807, 2.05) is 18.2 Å². The van der Waals surface area contributed by atoms with Gasteiger partial charge in [-0.15, -0.1) is 0 Å². The second-order valence-corrected chi connectivity index (χ2v) is 7.56. The van der Waals surface area contributed by atoms with Crippen molar-refractivity contribution in [2.24, 2.45) is 4.99 Å². The predicted molar refractivity (Wildman–Crippen MR) is 127 cm³/mol. The lowest BCUT2D eigenvalue weighted by Crippen LogP contribution is -2.47. The molecule has 0 aliphatic carbocycles. The van der Waals surface area contributed by atoms with E-state index in [0.29, 0.717) is 6.54 Å². The van der Waals surface area contributed by atoms with E-state index in [9.17, 15) is 0 Å². The van der Waals surface area contributed by atoms with Crippen molar-refractivity contribution in [1.82, 2.24) is 15.5 Å². The lowest BCUT2D eigenvalue weighted by Gasteiger charge is -2.36. The van der Waals surface area contributed by atoms with Gasteiger partial charge in [0, 0.05) is 52.0 Å². The molecule has 1 saturated heterocycles. The third-order valence-electron chi connectivity index (χ3n) is 5.57. The average molecular weight is 426 g/mol. The molecule has 0 spiro atoms. The smallest absolute Gasteiger partial charge is 0.191 e. The van der Waals surface area contributed by atoms with E-state index < -0.39 is 0 Å². The van der Waals surface area contributed by atoms with Crippen molar-refractivity contribution in [1.29, 1.82) is 0 Å². The van der Waals surface area contributed by atoms with Crippen molar-refractivity contribution in [3.05, 3.63) is 54.1 Å². The summed E-state index contributed by atoms with van der Waals surface area (Å²) in [6.07, 6.45) is 1.09. The normalized spacial score (nSPS) is 14.9. The van der Waals surface area contributed by atoms with Gasteiger partial charge >= 0.3 is 0 Å². The molecule has 0 amide bonds. The van der Waals surface area contributed by atoms with Crippen LogP contribution in [0.3, 0.4) is 0 Å². The van der Waals surface area contributed by atoms with Gasteiger partial charge < -0.3 is 25.0 Å². The molecule has 0 saturated carbocycles. The monoisotopic (exact) mass is 425 g/mol. The molecule has 2 aromatic carbocycles. The van der Waals surface area contributed by atoms with Crippen LogP contribution in [-0.4, -0.2) is 71.4 Å². The maximum atomic E-state index is 5.37. The summed E-state index contributed by atoms with van der Waals surface area (Å²) in [6.45, 7) is 7.06. The van der Waals surface area contributed by atoms with Crippen LogP contribution < -0.4 is 25.0 Å².